The summed E-state index contributed by atoms with van der Waals surface area (Å²) in [5.74, 6) is 0.373. The van der Waals surface area contributed by atoms with Gasteiger partial charge in [-0.05, 0) is 42.3 Å². The largest absolute Gasteiger partial charge is 0.495 e. The molecule has 0 fully saturated rings. The van der Waals surface area contributed by atoms with Gasteiger partial charge in [-0.3, -0.25) is 4.79 Å². The lowest BCUT2D eigenvalue weighted by Crippen LogP contribution is -2.12. The Kier molecular flexibility index (Phi) is 4.25. The Bertz CT molecular complexity index is 606. The van der Waals surface area contributed by atoms with E-state index < -0.39 is 0 Å². The Balaban J connectivity index is 2.12. The summed E-state index contributed by atoms with van der Waals surface area (Å²) in [6.07, 6.45) is 0.975. The summed E-state index contributed by atoms with van der Waals surface area (Å²) in [6, 6.07) is 12.8. The molecular formula is C16H18N2O2. The summed E-state index contributed by atoms with van der Waals surface area (Å²) in [5.41, 5.74) is 8.74. The number of methoxy groups -OCH3 is 1. The summed E-state index contributed by atoms with van der Waals surface area (Å²) in [4.78, 5) is 12.1. The third kappa shape index (κ3) is 3.09. The van der Waals surface area contributed by atoms with E-state index in [1.165, 1.54) is 5.56 Å². The third-order valence-electron chi connectivity index (χ3n) is 3.11. The number of carbonyl (C=O) groups is 1. The minimum absolute atomic E-state index is 0.191. The first kappa shape index (κ1) is 13.9. The van der Waals surface area contributed by atoms with E-state index in [0.29, 0.717) is 17.0 Å². The van der Waals surface area contributed by atoms with Crippen LogP contribution in [0.4, 0.5) is 11.4 Å². The van der Waals surface area contributed by atoms with E-state index >= 15 is 0 Å². The molecule has 2 rings (SSSR count). The molecule has 0 aliphatic carbocycles. The number of amides is 1. The molecule has 0 unspecified atom stereocenters. The van der Waals surface area contributed by atoms with Crippen molar-refractivity contribution >= 4 is 17.3 Å². The van der Waals surface area contributed by atoms with E-state index in [4.69, 9.17) is 10.5 Å². The number of nitrogen functional groups attached to an aromatic ring is 1. The number of anilines is 2. The van der Waals surface area contributed by atoms with Crippen molar-refractivity contribution in [3.05, 3.63) is 53.6 Å². The van der Waals surface area contributed by atoms with Gasteiger partial charge in [-0.1, -0.05) is 19.1 Å². The van der Waals surface area contributed by atoms with Crippen LogP contribution in [-0.4, -0.2) is 13.0 Å². The molecule has 2 aromatic rings. The molecule has 2 aromatic carbocycles. The lowest BCUT2D eigenvalue weighted by atomic mass is 10.1. The highest BCUT2D eigenvalue weighted by atomic mass is 16.5. The van der Waals surface area contributed by atoms with Gasteiger partial charge in [0.1, 0.15) is 5.75 Å². The number of benzene rings is 2. The number of ether oxygens (including phenoxy) is 1. The Labute approximate surface area is 118 Å². The lowest BCUT2D eigenvalue weighted by molar-refractivity contribution is 0.102. The smallest absolute Gasteiger partial charge is 0.255 e. The summed E-state index contributed by atoms with van der Waals surface area (Å²) in [6.45, 7) is 2.09. The molecule has 20 heavy (non-hydrogen) atoms. The molecule has 0 spiro atoms. The fourth-order valence-corrected chi connectivity index (χ4v) is 1.90. The normalized spacial score (nSPS) is 10.1. The maximum Gasteiger partial charge on any atom is 0.255 e. The second-order valence-corrected chi connectivity index (χ2v) is 4.46. The van der Waals surface area contributed by atoms with Crippen LogP contribution in [0.2, 0.25) is 0 Å². The summed E-state index contributed by atoms with van der Waals surface area (Å²) in [5, 5.41) is 2.84. The van der Waals surface area contributed by atoms with Gasteiger partial charge in [0.25, 0.3) is 5.91 Å². The van der Waals surface area contributed by atoms with Gasteiger partial charge in [0, 0.05) is 11.3 Å². The predicted octanol–water partition coefficient (Wildman–Crippen LogP) is 3.09. The van der Waals surface area contributed by atoms with E-state index in [0.717, 1.165) is 12.1 Å². The van der Waals surface area contributed by atoms with Crippen molar-refractivity contribution in [2.75, 3.05) is 18.2 Å². The molecule has 0 saturated carbocycles. The minimum Gasteiger partial charge on any atom is -0.495 e. The number of hydrogen-bond donors (Lipinski definition) is 2. The Morgan fingerprint density at radius 2 is 1.90 bits per heavy atom. The van der Waals surface area contributed by atoms with Crippen LogP contribution in [0.5, 0.6) is 5.75 Å². The molecule has 0 aliphatic rings. The van der Waals surface area contributed by atoms with E-state index in [-0.39, 0.29) is 5.91 Å². The Hall–Kier alpha value is -2.49. The average molecular weight is 270 g/mol. The highest BCUT2D eigenvalue weighted by Crippen LogP contribution is 2.22. The van der Waals surface area contributed by atoms with Crippen molar-refractivity contribution in [2.24, 2.45) is 0 Å². The highest BCUT2D eigenvalue weighted by Gasteiger charge is 2.08. The van der Waals surface area contributed by atoms with Crippen molar-refractivity contribution in [1.29, 1.82) is 0 Å². The van der Waals surface area contributed by atoms with Crippen molar-refractivity contribution in [3.8, 4) is 5.75 Å². The highest BCUT2D eigenvalue weighted by molar-refractivity contribution is 6.05. The number of hydrogen-bond acceptors (Lipinski definition) is 3. The van der Waals surface area contributed by atoms with Crippen molar-refractivity contribution < 1.29 is 9.53 Å². The van der Waals surface area contributed by atoms with Crippen molar-refractivity contribution in [1.82, 2.24) is 0 Å². The van der Waals surface area contributed by atoms with Crippen LogP contribution < -0.4 is 15.8 Å². The van der Waals surface area contributed by atoms with Crippen LogP contribution in [0.3, 0.4) is 0 Å². The molecule has 0 saturated heterocycles. The molecule has 0 radical (unpaired) electrons. The number of nitrogens with one attached hydrogen (secondary N) is 1. The number of rotatable bonds is 4. The standard InChI is InChI=1S/C16H18N2O2/c1-3-11-4-7-13(8-5-11)18-16(19)12-6-9-15(20-2)14(17)10-12/h4-10H,3,17H2,1-2H3,(H,18,19). The van der Waals surface area contributed by atoms with E-state index in [2.05, 4.69) is 12.2 Å². The Morgan fingerprint density at radius 3 is 2.45 bits per heavy atom. The molecule has 0 aliphatic heterocycles. The number of carbonyl (C=O) groups excluding carboxylic acids is 1. The molecule has 0 bridgehead atoms. The molecule has 3 N–H and O–H groups in total. The van der Waals surface area contributed by atoms with Crippen LogP contribution in [0.15, 0.2) is 42.5 Å². The van der Waals surface area contributed by atoms with Gasteiger partial charge in [0.2, 0.25) is 0 Å². The van der Waals surface area contributed by atoms with Crippen LogP contribution in [0, 0.1) is 0 Å². The van der Waals surface area contributed by atoms with Crippen LogP contribution in [-0.2, 0) is 6.42 Å². The maximum atomic E-state index is 12.1. The quantitative estimate of drug-likeness (QED) is 0.839. The monoisotopic (exact) mass is 270 g/mol. The summed E-state index contributed by atoms with van der Waals surface area (Å²) >= 11 is 0. The third-order valence-corrected chi connectivity index (χ3v) is 3.11. The topological polar surface area (TPSA) is 64.3 Å². The van der Waals surface area contributed by atoms with E-state index in [9.17, 15) is 4.79 Å². The molecule has 1 amide bonds. The molecule has 104 valence electrons. The van der Waals surface area contributed by atoms with E-state index in [1.807, 2.05) is 24.3 Å². The first-order chi connectivity index (χ1) is 9.63. The van der Waals surface area contributed by atoms with Gasteiger partial charge >= 0.3 is 0 Å². The van der Waals surface area contributed by atoms with Crippen molar-refractivity contribution in [3.63, 3.8) is 0 Å². The van der Waals surface area contributed by atoms with Gasteiger partial charge < -0.3 is 15.8 Å². The van der Waals surface area contributed by atoms with Gasteiger partial charge in [0.05, 0.1) is 12.8 Å². The first-order valence-electron chi connectivity index (χ1n) is 6.48. The molecule has 4 heteroatoms. The van der Waals surface area contributed by atoms with Gasteiger partial charge in [-0.15, -0.1) is 0 Å². The second kappa shape index (κ2) is 6.10. The fourth-order valence-electron chi connectivity index (χ4n) is 1.90. The average Bonchev–Trinajstić information content (AvgIpc) is 2.48. The molecule has 0 aromatic heterocycles. The van der Waals surface area contributed by atoms with Crippen LogP contribution >= 0.6 is 0 Å². The van der Waals surface area contributed by atoms with Gasteiger partial charge in [0.15, 0.2) is 0 Å². The van der Waals surface area contributed by atoms with Gasteiger partial charge in [-0.25, -0.2) is 0 Å². The zero-order chi connectivity index (χ0) is 14.5. The molecule has 4 nitrogen and oxygen atoms in total. The number of nitrogens with two attached hydrogens (primary N) is 1. The zero-order valence-electron chi connectivity index (χ0n) is 11.6. The summed E-state index contributed by atoms with van der Waals surface area (Å²) < 4.78 is 5.07. The molecule has 0 heterocycles. The SMILES string of the molecule is CCc1ccc(NC(=O)c2ccc(OC)c(N)c2)cc1. The predicted molar refractivity (Wildman–Crippen MR) is 81.2 cm³/mol. The summed E-state index contributed by atoms with van der Waals surface area (Å²) in [7, 11) is 1.54. The van der Waals surface area contributed by atoms with Crippen LogP contribution in [0.1, 0.15) is 22.8 Å². The second-order valence-electron chi connectivity index (χ2n) is 4.46. The van der Waals surface area contributed by atoms with Crippen molar-refractivity contribution in [2.45, 2.75) is 13.3 Å². The molecular weight excluding hydrogens is 252 g/mol. The fraction of sp³-hybridized carbons (Fsp3) is 0.188. The van der Waals surface area contributed by atoms with E-state index in [1.54, 1.807) is 25.3 Å². The van der Waals surface area contributed by atoms with Gasteiger partial charge in [-0.2, -0.15) is 0 Å². The zero-order valence-corrected chi connectivity index (χ0v) is 11.6. The van der Waals surface area contributed by atoms with Crippen LogP contribution in [0.25, 0.3) is 0 Å². The minimum atomic E-state index is -0.191. The maximum absolute atomic E-state index is 12.1. The lowest BCUT2D eigenvalue weighted by Gasteiger charge is -2.08. The number of aryl methyl sites for hydroxylation is 1. The first-order valence-corrected chi connectivity index (χ1v) is 6.48. The Morgan fingerprint density at radius 1 is 1.20 bits per heavy atom. The molecule has 0 atom stereocenters.